The summed E-state index contributed by atoms with van der Waals surface area (Å²) >= 11 is 1.41. The van der Waals surface area contributed by atoms with Crippen molar-refractivity contribution in [3.63, 3.8) is 0 Å². The largest absolute Gasteiger partial charge is 0.495 e. The molecule has 20 heavy (non-hydrogen) atoms. The van der Waals surface area contributed by atoms with Gasteiger partial charge in [-0.25, -0.2) is 0 Å². The topological polar surface area (TPSA) is 38.3 Å². The summed E-state index contributed by atoms with van der Waals surface area (Å²) in [5.74, 6) is 0.608. The lowest BCUT2D eigenvalue weighted by atomic mass is 9.96. The monoisotopic (exact) mass is 287 g/mol. The Morgan fingerprint density at radius 1 is 1.30 bits per heavy atom. The maximum absolute atomic E-state index is 12.2. The smallest absolute Gasteiger partial charge is 0.265 e. The summed E-state index contributed by atoms with van der Waals surface area (Å²) in [5, 5.41) is 4.93. The van der Waals surface area contributed by atoms with Gasteiger partial charge in [0.1, 0.15) is 10.6 Å². The number of methoxy groups -OCH3 is 1. The number of carbonyl (C=O) groups is 1. The molecule has 1 heterocycles. The van der Waals surface area contributed by atoms with Crippen LogP contribution in [0.5, 0.6) is 5.75 Å². The highest BCUT2D eigenvalue weighted by Gasteiger charge is 2.44. The highest BCUT2D eigenvalue weighted by Crippen LogP contribution is 2.47. The van der Waals surface area contributed by atoms with Crippen molar-refractivity contribution in [3.05, 3.63) is 52.2 Å². The van der Waals surface area contributed by atoms with Gasteiger partial charge in [0.2, 0.25) is 0 Å². The number of ether oxygens (including phenoxy) is 1. The number of carbonyl (C=O) groups excluding carboxylic acids is 1. The molecule has 3 rings (SSSR count). The lowest BCUT2D eigenvalue weighted by Gasteiger charge is -2.16. The zero-order valence-corrected chi connectivity index (χ0v) is 12.2. The van der Waals surface area contributed by atoms with Crippen LogP contribution < -0.4 is 10.1 Å². The van der Waals surface area contributed by atoms with Crippen LogP contribution in [0.15, 0.2) is 41.8 Å². The molecule has 0 aliphatic heterocycles. The molecule has 1 N–H and O–H groups in total. The fraction of sp³-hybridized carbons (Fsp3) is 0.312. The van der Waals surface area contributed by atoms with E-state index in [-0.39, 0.29) is 11.3 Å². The van der Waals surface area contributed by atoms with Crippen molar-refractivity contribution in [1.29, 1.82) is 0 Å². The van der Waals surface area contributed by atoms with Gasteiger partial charge in [0.25, 0.3) is 5.91 Å². The van der Waals surface area contributed by atoms with Crippen molar-refractivity contribution in [3.8, 4) is 5.75 Å². The number of nitrogens with one attached hydrogen (secondary N) is 1. The molecule has 1 aliphatic rings. The van der Waals surface area contributed by atoms with E-state index in [2.05, 4.69) is 29.6 Å². The number of thiophene rings is 1. The third kappa shape index (κ3) is 2.43. The van der Waals surface area contributed by atoms with E-state index in [1.807, 2.05) is 17.5 Å². The third-order valence-corrected chi connectivity index (χ3v) is 4.78. The highest BCUT2D eigenvalue weighted by molar-refractivity contribution is 7.12. The molecule has 1 amide bonds. The Balaban J connectivity index is 1.67. The first kappa shape index (κ1) is 13.2. The zero-order valence-electron chi connectivity index (χ0n) is 11.4. The first-order valence-corrected chi connectivity index (χ1v) is 7.58. The molecule has 1 aromatic heterocycles. The van der Waals surface area contributed by atoms with E-state index in [4.69, 9.17) is 4.74 Å². The van der Waals surface area contributed by atoms with Crippen LogP contribution >= 0.6 is 11.3 Å². The van der Waals surface area contributed by atoms with Crippen molar-refractivity contribution >= 4 is 17.2 Å². The second-order valence-corrected chi connectivity index (χ2v) is 6.06. The molecule has 0 spiro atoms. The summed E-state index contributed by atoms with van der Waals surface area (Å²) in [6, 6.07) is 12.2. The molecule has 3 nitrogen and oxygen atoms in total. The van der Waals surface area contributed by atoms with Crippen molar-refractivity contribution in [2.45, 2.75) is 18.3 Å². The van der Waals surface area contributed by atoms with Gasteiger partial charge in [0.05, 0.1) is 7.11 Å². The average molecular weight is 287 g/mol. The first-order chi connectivity index (χ1) is 9.75. The predicted octanol–water partition coefficient (Wildman–Crippen LogP) is 3.22. The molecular weight excluding hydrogens is 270 g/mol. The average Bonchev–Trinajstić information content (AvgIpc) is 3.14. The standard InChI is InChI=1S/C16H17NO2S/c1-19-13-7-10-20-14(13)15(18)17-11-16(8-9-16)12-5-3-2-4-6-12/h2-7,10H,8-9,11H2,1H3,(H,17,18). The van der Waals surface area contributed by atoms with Gasteiger partial charge in [0.15, 0.2) is 0 Å². The van der Waals surface area contributed by atoms with Gasteiger partial charge in [-0.1, -0.05) is 30.3 Å². The quantitative estimate of drug-likeness (QED) is 0.917. The van der Waals surface area contributed by atoms with E-state index in [1.54, 1.807) is 7.11 Å². The van der Waals surface area contributed by atoms with E-state index in [9.17, 15) is 4.79 Å². The molecule has 4 heteroatoms. The molecule has 0 bridgehead atoms. The normalized spacial score (nSPS) is 15.7. The number of rotatable bonds is 5. The number of amides is 1. The molecule has 104 valence electrons. The summed E-state index contributed by atoms with van der Waals surface area (Å²) in [7, 11) is 1.59. The Kier molecular flexibility index (Phi) is 3.49. The lowest BCUT2D eigenvalue weighted by molar-refractivity contribution is 0.0951. The van der Waals surface area contributed by atoms with Crippen LogP contribution in [0, 0.1) is 0 Å². The molecule has 0 radical (unpaired) electrons. The molecule has 1 aliphatic carbocycles. The molecule has 0 saturated heterocycles. The fourth-order valence-electron chi connectivity index (χ4n) is 2.46. The summed E-state index contributed by atoms with van der Waals surface area (Å²) in [5.41, 5.74) is 1.46. The maximum atomic E-state index is 12.2. The molecule has 1 aromatic carbocycles. The Bertz CT molecular complexity index is 602. The van der Waals surface area contributed by atoms with Crippen LogP contribution in [-0.4, -0.2) is 19.6 Å². The summed E-state index contributed by atoms with van der Waals surface area (Å²) in [4.78, 5) is 12.9. The SMILES string of the molecule is COc1ccsc1C(=O)NCC1(c2ccccc2)CC1. The maximum Gasteiger partial charge on any atom is 0.265 e. The minimum atomic E-state index is -0.0425. The number of hydrogen-bond donors (Lipinski definition) is 1. The van der Waals surface area contributed by atoms with E-state index in [0.29, 0.717) is 17.2 Å². The summed E-state index contributed by atoms with van der Waals surface area (Å²) < 4.78 is 5.19. The molecule has 1 fully saturated rings. The molecule has 0 unspecified atom stereocenters. The van der Waals surface area contributed by atoms with Gasteiger partial charge >= 0.3 is 0 Å². The predicted molar refractivity (Wildman–Crippen MR) is 80.6 cm³/mol. The van der Waals surface area contributed by atoms with Gasteiger partial charge in [-0.05, 0) is 29.9 Å². The second kappa shape index (κ2) is 5.29. The Morgan fingerprint density at radius 2 is 2.05 bits per heavy atom. The fourth-order valence-corrected chi connectivity index (χ4v) is 3.24. The van der Waals surface area contributed by atoms with Crippen LogP contribution in [0.2, 0.25) is 0 Å². The van der Waals surface area contributed by atoms with Crippen molar-refractivity contribution in [1.82, 2.24) is 5.32 Å². The first-order valence-electron chi connectivity index (χ1n) is 6.70. The van der Waals surface area contributed by atoms with Crippen LogP contribution in [0.1, 0.15) is 28.1 Å². The molecule has 0 atom stereocenters. The van der Waals surface area contributed by atoms with Gasteiger partial charge in [-0.3, -0.25) is 4.79 Å². The molecule has 1 saturated carbocycles. The second-order valence-electron chi connectivity index (χ2n) is 5.15. The number of benzene rings is 1. The van der Waals surface area contributed by atoms with Gasteiger partial charge in [-0.15, -0.1) is 11.3 Å². The Morgan fingerprint density at radius 3 is 2.70 bits per heavy atom. The van der Waals surface area contributed by atoms with Crippen molar-refractivity contribution < 1.29 is 9.53 Å². The van der Waals surface area contributed by atoms with Crippen LogP contribution in [0.4, 0.5) is 0 Å². The van der Waals surface area contributed by atoms with Crippen molar-refractivity contribution in [2.75, 3.05) is 13.7 Å². The number of hydrogen-bond acceptors (Lipinski definition) is 3. The minimum Gasteiger partial charge on any atom is -0.495 e. The summed E-state index contributed by atoms with van der Waals surface area (Å²) in [6.07, 6.45) is 2.28. The van der Waals surface area contributed by atoms with E-state index in [1.165, 1.54) is 16.9 Å². The van der Waals surface area contributed by atoms with Gasteiger partial charge in [-0.2, -0.15) is 0 Å². The molecular formula is C16H17NO2S. The minimum absolute atomic E-state index is 0.0425. The zero-order chi connectivity index (χ0) is 14.0. The van der Waals surface area contributed by atoms with E-state index in [0.717, 1.165) is 12.8 Å². The molecule has 2 aromatic rings. The van der Waals surface area contributed by atoms with E-state index >= 15 is 0 Å². The van der Waals surface area contributed by atoms with Gasteiger partial charge in [0, 0.05) is 12.0 Å². The van der Waals surface area contributed by atoms with Gasteiger partial charge < -0.3 is 10.1 Å². The van der Waals surface area contributed by atoms with Crippen molar-refractivity contribution in [2.24, 2.45) is 0 Å². The Hall–Kier alpha value is -1.81. The summed E-state index contributed by atoms with van der Waals surface area (Å²) in [6.45, 7) is 0.691. The lowest BCUT2D eigenvalue weighted by Crippen LogP contribution is -2.31. The van der Waals surface area contributed by atoms with E-state index < -0.39 is 0 Å². The Labute approximate surface area is 122 Å². The van der Waals surface area contributed by atoms with Crippen LogP contribution in [-0.2, 0) is 5.41 Å². The van der Waals surface area contributed by atoms with Crippen LogP contribution in [0.3, 0.4) is 0 Å². The third-order valence-electron chi connectivity index (χ3n) is 3.88. The van der Waals surface area contributed by atoms with Crippen LogP contribution in [0.25, 0.3) is 0 Å². The highest BCUT2D eigenvalue weighted by atomic mass is 32.1.